The Morgan fingerprint density at radius 2 is 1.90 bits per heavy atom. The molecule has 0 radical (unpaired) electrons. The van der Waals surface area contributed by atoms with Crippen molar-refractivity contribution in [1.29, 1.82) is 0 Å². The monoisotopic (exact) mass is 274 g/mol. The molecule has 0 saturated heterocycles. The van der Waals surface area contributed by atoms with E-state index in [0.29, 0.717) is 12.1 Å². The van der Waals surface area contributed by atoms with Crippen LogP contribution in [0.25, 0.3) is 0 Å². The molecule has 2 N–H and O–H groups in total. The molecule has 1 unspecified atom stereocenters. The molecular weight excluding hydrogens is 252 g/mol. The summed E-state index contributed by atoms with van der Waals surface area (Å²) in [5, 5.41) is 5.84. The standard InChI is InChI=1S/C16H22N2O2/c1-3-11(2)18-16(20)14-6-4-12(5-7-14)10-17-15(19)13-8-9-13/h4-7,11,13H,3,8-10H2,1-2H3,(H,17,19)(H,18,20). The molecule has 0 aliphatic heterocycles. The lowest BCUT2D eigenvalue weighted by molar-refractivity contribution is -0.122. The summed E-state index contributed by atoms with van der Waals surface area (Å²) in [6.07, 6.45) is 2.94. The van der Waals surface area contributed by atoms with Crippen LogP contribution in [0.2, 0.25) is 0 Å². The van der Waals surface area contributed by atoms with Crippen molar-refractivity contribution < 1.29 is 9.59 Å². The molecule has 0 heterocycles. The van der Waals surface area contributed by atoms with Gasteiger partial charge in [-0.2, -0.15) is 0 Å². The van der Waals surface area contributed by atoms with Crippen molar-refractivity contribution in [2.24, 2.45) is 5.92 Å². The van der Waals surface area contributed by atoms with Gasteiger partial charge in [-0.1, -0.05) is 19.1 Å². The molecular formula is C16H22N2O2. The second kappa shape index (κ2) is 6.55. The fourth-order valence-electron chi connectivity index (χ4n) is 1.86. The summed E-state index contributed by atoms with van der Waals surface area (Å²) in [5.74, 6) is 0.326. The van der Waals surface area contributed by atoms with Crippen LogP contribution in [0.1, 0.15) is 49.0 Å². The SMILES string of the molecule is CCC(C)NC(=O)c1ccc(CNC(=O)C2CC2)cc1. The van der Waals surface area contributed by atoms with E-state index < -0.39 is 0 Å². The van der Waals surface area contributed by atoms with Crippen LogP contribution in [-0.4, -0.2) is 17.9 Å². The van der Waals surface area contributed by atoms with E-state index in [0.717, 1.165) is 24.8 Å². The van der Waals surface area contributed by atoms with Crippen LogP contribution < -0.4 is 10.6 Å². The highest BCUT2D eigenvalue weighted by Gasteiger charge is 2.29. The van der Waals surface area contributed by atoms with Crippen LogP contribution >= 0.6 is 0 Å². The Morgan fingerprint density at radius 3 is 2.45 bits per heavy atom. The summed E-state index contributed by atoms with van der Waals surface area (Å²) in [7, 11) is 0. The van der Waals surface area contributed by atoms with E-state index in [9.17, 15) is 9.59 Å². The Balaban J connectivity index is 1.85. The number of hydrogen-bond acceptors (Lipinski definition) is 2. The Kier molecular flexibility index (Phi) is 4.77. The van der Waals surface area contributed by atoms with Crippen molar-refractivity contribution in [1.82, 2.24) is 10.6 Å². The number of nitrogens with one attached hydrogen (secondary N) is 2. The third-order valence-electron chi connectivity index (χ3n) is 3.62. The van der Waals surface area contributed by atoms with Gasteiger partial charge in [0.25, 0.3) is 5.91 Å². The number of benzene rings is 1. The molecule has 1 aliphatic rings. The first-order valence-electron chi connectivity index (χ1n) is 7.27. The summed E-state index contributed by atoms with van der Waals surface area (Å²) in [6, 6.07) is 7.56. The van der Waals surface area contributed by atoms with Gasteiger partial charge in [0, 0.05) is 24.1 Å². The lowest BCUT2D eigenvalue weighted by atomic mass is 10.1. The van der Waals surface area contributed by atoms with Crippen LogP contribution in [0.15, 0.2) is 24.3 Å². The molecule has 4 nitrogen and oxygen atoms in total. The molecule has 1 atom stereocenters. The normalized spacial score (nSPS) is 15.5. The minimum atomic E-state index is -0.0482. The number of carbonyl (C=O) groups excluding carboxylic acids is 2. The molecule has 2 amide bonds. The number of hydrogen-bond donors (Lipinski definition) is 2. The second-order valence-electron chi connectivity index (χ2n) is 5.47. The molecule has 1 aromatic rings. The van der Waals surface area contributed by atoms with Crippen LogP contribution in [0.4, 0.5) is 0 Å². The Labute approximate surface area is 119 Å². The van der Waals surface area contributed by atoms with E-state index >= 15 is 0 Å². The molecule has 1 aliphatic carbocycles. The van der Waals surface area contributed by atoms with E-state index in [4.69, 9.17) is 0 Å². The predicted octanol–water partition coefficient (Wildman–Crippen LogP) is 2.24. The summed E-state index contributed by atoms with van der Waals surface area (Å²) >= 11 is 0. The third-order valence-corrected chi connectivity index (χ3v) is 3.62. The minimum Gasteiger partial charge on any atom is -0.352 e. The van der Waals surface area contributed by atoms with Gasteiger partial charge in [-0.25, -0.2) is 0 Å². The number of amides is 2. The Morgan fingerprint density at radius 1 is 1.25 bits per heavy atom. The van der Waals surface area contributed by atoms with Crippen molar-refractivity contribution in [2.45, 2.75) is 45.7 Å². The van der Waals surface area contributed by atoms with Crippen molar-refractivity contribution in [3.8, 4) is 0 Å². The van der Waals surface area contributed by atoms with Crippen LogP contribution in [-0.2, 0) is 11.3 Å². The zero-order valence-electron chi connectivity index (χ0n) is 12.1. The fourth-order valence-corrected chi connectivity index (χ4v) is 1.86. The number of rotatable bonds is 6. The van der Waals surface area contributed by atoms with Gasteiger partial charge in [0.2, 0.25) is 5.91 Å². The number of carbonyl (C=O) groups is 2. The molecule has 0 spiro atoms. The molecule has 0 aromatic heterocycles. The maximum absolute atomic E-state index is 11.9. The highest BCUT2D eigenvalue weighted by Crippen LogP contribution is 2.28. The van der Waals surface area contributed by atoms with E-state index in [-0.39, 0.29) is 23.8 Å². The summed E-state index contributed by atoms with van der Waals surface area (Å²) < 4.78 is 0. The minimum absolute atomic E-state index is 0.0482. The first-order chi connectivity index (χ1) is 9.60. The lowest BCUT2D eigenvalue weighted by Gasteiger charge is -2.11. The lowest BCUT2D eigenvalue weighted by Crippen LogP contribution is -2.31. The van der Waals surface area contributed by atoms with Gasteiger partial charge < -0.3 is 10.6 Å². The quantitative estimate of drug-likeness (QED) is 0.836. The van der Waals surface area contributed by atoms with E-state index in [1.807, 2.05) is 26.0 Å². The highest BCUT2D eigenvalue weighted by molar-refractivity contribution is 5.94. The largest absolute Gasteiger partial charge is 0.352 e. The zero-order valence-corrected chi connectivity index (χ0v) is 12.1. The van der Waals surface area contributed by atoms with Crippen molar-refractivity contribution in [3.63, 3.8) is 0 Å². The van der Waals surface area contributed by atoms with E-state index in [1.54, 1.807) is 12.1 Å². The van der Waals surface area contributed by atoms with Crippen molar-refractivity contribution in [2.75, 3.05) is 0 Å². The molecule has 0 bridgehead atoms. The zero-order chi connectivity index (χ0) is 14.5. The van der Waals surface area contributed by atoms with Crippen LogP contribution in [0.5, 0.6) is 0 Å². The first-order valence-corrected chi connectivity index (χ1v) is 7.27. The van der Waals surface area contributed by atoms with Gasteiger partial charge in [0.05, 0.1) is 0 Å². The van der Waals surface area contributed by atoms with Gasteiger partial charge in [-0.3, -0.25) is 9.59 Å². The molecule has 2 rings (SSSR count). The molecule has 1 fully saturated rings. The molecule has 4 heteroatoms. The van der Waals surface area contributed by atoms with Crippen LogP contribution in [0, 0.1) is 5.92 Å². The van der Waals surface area contributed by atoms with Gasteiger partial charge in [-0.05, 0) is 43.9 Å². The molecule has 1 saturated carbocycles. The smallest absolute Gasteiger partial charge is 0.251 e. The average Bonchev–Trinajstić information content (AvgIpc) is 3.29. The van der Waals surface area contributed by atoms with Crippen molar-refractivity contribution in [3.05, 3.63) is 35.4 Å². The Hall–Kier alpha value is -1.84. The van der Waals surface area contributed by atoms with Crippen molar-refractivity contribution >= 4 is 11.8 Å². The first kappa shape index (κ1) is 14.6. The van der Waals surface area contributed by atoms with E-state index in [2.05, 4.69) is 10.6 Å². The second-order valence-corrected chi connectivity index (χ2v) is 5.47. The van der Waals surface area contributed by atoms with Crippen LogP contribution in [0.3, 0.4) is 0 Å². The Bertz CT molecular complexity index is 478. The maximum atomic E-state index is 11.9. The topological polar surface area (TPSA) is 58.2 Å². The maximum Gasteiger partial charge on any atom is 0.251 e. The summed E-state index contributed by atoms with van der Waals surface area (Å²) in [4.78, 5) is 23.4. The van der Waals surface area contributed by atoms with Gasteiger partial charge in [0.1, 0.15) is 0 Å². The van der Waals surface area contributed by atoms with Gasteiger partial charge in [-0.15, -0.1) is 0 Å². The average molecular weight is 274 g/mol. The van der Waals surface area contributed by atoms with Gasteiger partial charge in [0.15, 0.2) is 0 Å². The highest BCUT2D eigenvalue weighted by atomic mass is 16.2. The van der Waals surface area contributed by atoms with Gasteiger partial charge >= 0.3 is 0 Å². The summed E-state index contributed by atoms with van der Waals surface area (Å²) in [6.45, 7) is 4.55. The molecule has 1 aromatic carbocycles. The fraction of sp³-hybridized carbons (Fsp3) is 0.500. The predicted molar refractivity (Wildman–Crippen MR) is 78.2 cm³/mol. The third kappa shape index (κ3) is 4.08. The molecule has 108 valence electrons. The molecule has 20 heavy (non-hydrogen) atoms. The van der Waals surface area contributed by atoms with E-state index in [1.165, 1.54) is 0 Å². The summed E-state index contributed by atoms with van der Waals surface area (Å²) in [5.41, 5.74) is 1.67.